The summed E-state index contributed by atoms with van der Waals surface area (Å²) in [5, 5.41) is 26.3. The Labute approximate surface area is 232 Å². The first kappa shape index (κ1) is 26.6. The topological polar surface area (TPSA) is 183 Å². The first-order valence-corrected chi connectivity index (χ1v) is 12.2. The summed E-state index contributed by atoms with van der Waals surface area (Å²) in [4.78, 5) is 36.3. The second-order valence-electron chi connectivity index (χ2n) is 8.94. The Bertz CT molecular complexity index is 1760. The van der Waals surface area contributed by atoms with Gasteiger partial charge in [0.1, 0.15) is 29.2 Å². The van der Waals surface area contributed by atoms with E-state index in [0.29, 0.717) is 22.5 Å². The molecule has 5 aromatic rings. The van der Waals surface area contributed by atoms with Gasteiger partial charge in [-0.15, -0.1) is 0 Å². The zero-order chi connectivity index (χ0) is 28.9. The predicted molar refractivity (Wildman–Crippen MR) is 147 cm³/mol. The van der Waals surface area contributed by atoms with Gasteiger partial charge in [-0.3, -0.25) is 9.59 Å². The van der Waals surface area contributed by atoms with Crippen molar-refractivity contribution in [1.82, 2.24) is 15.0 Å². The number of aromatic nitrogens is 3. The van der Waals surface area contributed by atoms with Crippen LogP contribution in [0.15, 0.2) is 83.9 Å². The highest BCUT2D eigenvalue weighted by Crippen LogP contribution is 2.36. The van der Waals surface area contributed by atoms with E-state index >= 15 is 0 Å². The average Bonchev–Trinajstić information content (AvgIpc) is 3.67. The Hall–Kier alpha value is -5.96. The molecule has 0 saturated heterocycles. The van der Waals surface area contributed by atoms with Crippen LogP contribution < -0.4 is 16.4 Å². The molecule has 41 heavy (non-hydrogen) atoms. The maximum absolute atomic E-state index is 13.7. The van der Waals surface area contributed by atoms with Crippen molar-refractivity contribution in [2.24, 2.45) is 5.73 Å². The van der Waals surface area contributed by atoms with Crippen LogP contribution in [0.3, 0.4) is 0 Å². The number of carbonyl (C=O) groups excluding carboxylic acids is 2. The Morgan fingerprint density at radius 2 is 2.00 bits per heavy atom. The highest BCUT2D eigenvalue weighted by Gasteiger charge is 2.21. The van der Waals surface area contributed by atoms with Gasteiger partial charge in [0.05, 0.1) is 18.3 Å². The number of amides is 2. The van der Waals surface area contributed by atoms with Gasteiger partial charge in [-0.05, 0) is 48.0 Å². The van der Waals surface area contributed by atoms with Crippen molar-refractivity contribution in [2.45, 2.75) is 12.5 Å². The van der Waals surface area contributed by atoms with Crippen molar-refractivity contribution in [3.8, 4) is 34.2 Å². The van der Waals surface area contributed by atoms with Gasteiger partial charge in [0.25, 0.3) is 5.91 Å². The van der Waals surface area contributed by atoms with Crippen molar-refractivity contribution < 1.29 is 23.5 Å². The monoisotopic (exact) mass is 551 g/mol. The number of halogens is 1. The van der Waals surface area contributed by atoms with E-state index in [4.69, 9.17) is 10.2 Å². The molecule has 5 rings (SSSR count). The van der Waals surface area contributed by atoms with E-state index in [1.165, 1.54) is 30.8 Å². The lowest BCUT2D eigenvalue weighted by atomic mass is 9.97. The number of furan rings is 1. The van der Waals surface area contributed by atoms with Crippen molar-refractivity contribution >= 4 is 23.3 Å². The SMILES string of the molecule is N#Cc1c(-c2cccc(N[C@H](Cc3cnc[nH]3)C(N)=O)c2)cc(-c2ccc(F)cc2O)nc1NC(=O)c1ccco1. The second-order valence-corrected chi connectivity index (χ2v) is 8.94. The number of phenolic OH excluding ortho intramolecular Hbond substituents is 1. The summed E-state index contributed by atoms with van der Waals surface area (Å²) in [6, 6.07) is 16.1. The number of aromatic hydroxyl groups is 1. The number of hydrogen-bond donors (Lipinski definition) is 5. The Morgan fingerprint density at radius 3 is 2.68 bits per heavy atom. The molecular formula is C29H22FN7O4. The molecule has 0 spiro atoms. The Balaban J connectivity index is 1.59. The molecule has 12 heteroatoms. The number of nitriles is 1. The van der Waals surface area contributed by atoms with E-state index in [-0.39, 0.29) is 40.6 Å². The molecule has 0 saturated carbocycles. The van der Waals surface area contributed by atoms with E-state index in [0.717, 1.165) is 12.1 Å². The molecule has 0 aliphatic carbocycles. The second kappa shape index (κ2) is 11.4. The molecule has 1 atom stereocenters. The standard InChI is InChI=1S/C29H22FN7O4/c30-17-6-7-20(25(38)10-17)23-12-21(22(13-31)28(36-23)37-29(40)26-5-2-8-41-26)16-3-1-4-18(9-16)35-24(27(32)39)11-19-14-33-15-34-19/h1-10,12,14-15,24,35,38H,11H2,(H2,32,39)(H,33,34)(H,36,37,40)/t24-/m1/s1. The van der Waals surface area contributed by atoms with Crippen LogP contribution in [0.25, 0.3) is 22.4 Å². The Kier molecular flexibility index (Phi) is 7.42. The Morgan fingerprint density at radius 1 is 1.15 bits per heavy atom. The minimum Gasteiger partial charge on any atom is -0.507 e. The summed E-state index contributed by atoms with van der Waals surface area (Å²) < 4.78 is 18.9. The van der Waals surface area contributed by atoms with Crippen LogP contribution in [0.1, 0.15) is 21.8 Å². The normalized spacial score (nSPS) is 11.4. The molecule has 0 fully saturated rings. The summed E-state index contributed by atoms with van der Waals surface area (Å²) >= 11 is 0. The quantitative estimate of drug-likeness (QED) is 0.180. The number of aromatic amines is 1. The smallest absolute Gasteiger partial charge is 0.292 e. The molecule has 3 heterocycles. The summed E-state index contributed by atoms with van der Waals surface area (Å²) in [5.41, 5.74) is 8.10. The number of pyridine rings is 1. The molecule has 6 N–H and O–H groups in total. The molecule has 0 aliphatic rings. The first-order valence-electron chi connectivity index (χ1n) is 12.2. The van der Waals surface area contributed by atoms with Crippen LogP contribution in [0.4, 0.5) is 15.9 Å². The van der Waals surface area contributed by atoms with E-state index in [9.17, 15) is 24.3 Å². The third-order valence-electron chi connectivity index (χ3n) is 6.18. The van der Waals surface area contributed by atoms with E-state index < -0.39 is 23.7 Å². The van der Waals surface area contributed by atoms with Gasteiger partial charge < -0.3 is 30.9 Å². The molecule has 0 radical (unpaired) electrons. The molecule has 2 aromatic carbocycles. The minimum atomic E-state index is -0.770. The third kappa shape index (κ3) is 5.89. The average molecular weight is 552 g/mol. The van der Waals surface area contributed by atoms with Crippen molar-refractivity contribution in [3.05, 3.63) is 102 Å². The first-order chi connectivity index (χ1) is 19.8. The molecule has 0 aliphatic heterocycles. The summed E-state index contributed by atoms with van der Waals surface area (Å²) in [5.74, 6) is -2.36. The third-order valence-corrected chi connectivity index (χ3v) is 6.18. The van der Waals surface area contributed by atoms with Gasteiger partial charge >= 0.3 is 0 Å². The van der Waals surface area contributed by atoms with Gasteiger partial charge in [-0.25, -0.2) is 14.4 Å². The number of H-pyrrole nitrogens is 1. The van der Waals surface area contributed by atoms with Gasteiger partial charge in [0.15, 0.2) is 11.6 Å². The van der Waals surface area contributed by atoms with Crippen LogP contribution in [0.2, 0.25) is 0 Å². The number of benzene rings is 2. The van der Waals surface area contributed by atoms with Crippen molar-refractivity contribution in [2.75, 3.05) is 10.6 Å². The molecular weight excluding hydrogens is 529 g/mol. The fourth-order valence-electron chi connectivity index (χ4n) is 4.23. The lowest BCUT2D eigenvalue weighted by Gasteiger charge is -2.18. The van der Waals surface area contributed by atoms with Gasteiger partial charge in [-0.2, -0.15) is 5.26 Å². The number of imidazole rings is 1. The number of rotatable bonds is 9. The predicted octanol–water partition coefficient (Wildman–Crippen LogP) is 4.21. The maximum atomic E-state index is 13.7. The zero-order valence-corrected chi connectivity index (χ0v) is 21.3. The number of nitrogens with one attached hydrogen (secondary N) is 3. The molecule has 2 amide bonds. The van der Waals surface area contributed by atoms with E-state index in [1.54, 1.807) is 36.5 Å². The number of hydrogen-bond acceptors (Lipinski definition) is 8. The molecule has 0 unspecified atom stereocenters. The highest BCUT2D eigenvalue weighted by molar-refractivity contribution is 6.03. The zero-order valence-electron chi connectivity index (χ0n) is 21.3. The lowest BCUT2D eigenvalue weighted by molar-refractivity contribution is -0.118. The molecule has 3 aromatic heterocycles. The number of phenols is 1. The summed E-state index contributed by atoms with van der Waals surface area (Å²) in [6.07, 6.45) is 4.68. The fourth-order valence-corrected chi connectivity index (χ4v) is 4.23. The molecule has 0 bridgehead atoms. The number of nitrogens with two attached hydrogens (primary N) is 1. The fraction of sp³-hybridized carbons (Fsp3) is 0.0690. The largest absolute Gasteiger partial charge is 0.507 e. The van der Waals surface area contributed by atoms with Gasteiger partial charge in [0, 0.05) is 41.2 Å². The van der Waals surface area contributed by atoms with Crippen LogP contribution >= 0.6 is 0 Å². The van der Waals surface area contributed by atoms with Crippen LogP contribution in [0.5, 0.6) is 5.75 Å². The van der Waals surface area contributed by atoms with Crippen LogP contribution in [0, 0.1) is 17.1 Å². The number of primary amides is 1. The highest BCUT2D eigenvalue weighted by atomic mass is 19.1. The van der Waals surface area contributed by atoms with E-state index in [1.807, 2.05) is 0 Å². The van der Waals surface area contributed by atoms with Crippen molar-refractivity contribution in [1.29, 1.82) is 5.26 Å². The van der Waals surface area contributed by atoms with Gasteiger partial charge in [-0.1, -0.05) is 12.1 Å². The lowest BCUT2D eigenvalue weighted by Crippen LogP contribution is -2.37. The van der Waals surface area contributed by atoms with Crippen LogP contribution in [-0.4, -0.2) is 37.9 Å². The van der Waals surface area contributed by atoms with Gasteiger partial charge in [0.2, 0.25) is 5.91 Å². The summed E-state index contributed by atoms with van der Waals surface area (Å²) in [7, 11) is 0. The minimum absolute atomic E-state index is 0.00627. The molecule has 11 nitrogen and oxygen atoms in total. The maximum Gasteiger partial charge on any atom is 0.292 e. The summed E-state index contributed by atoms with van der Waals surface area (Å²) in [6.45, 7) is 0. The van der Waals surface area contributed by atoms with Crippen LogP contribution in [-0.2, 0) is 11.2 Å². The number of carbonyl (C=O) groups is 2. The van der Waals surface area contributed by atoms with Crippen molar-refractivity contribution in [3.63, 3.8) is 0 Å². The molecule has 204 valence electrons. The number of nitrogens with zero attached hydrogens (tertiary/aromatic N) is 3. The van der Waals surface area contributed by atoms with E-state index in [2.05, 4.69) is 31.7 Å². The number of anilines is 2.